The number of ether oxygens (including phenoxy) is 15. The highest BCUT2D eigenvalue weighted by Gasteiger charge is 2.56. The minimum absolute atomic E-state index is 0.00788. The molecule has 0 radical (unpaired) electrons. The number of esters is 2. The zero-order valence-corrected chi connectivity index (χ0v) is 73.9. The van der Waals surface area contributed by atoms with Crippen LogP contribution in [0.1, 0.15) is 182 Å². The number of hydrogen-bond donors (Lipinski definition) is 10. The Morgan fingerprint density at radius 3 is 1.77 bits per heavy atom. The van der Waals surface area contributed by atoms with Gasteiger partial charge in [0.1, 0.15) is 79.0 Å². The number of aldehydes is 1. The van der Waals surface area contributed by atoms with E-state index in [-0.39, 0.29) is 69.0 Å². The van der Waals surface area contributed by atoms with E-state index in [1.165, 1.54) is 41.3 Å². The smallest absolute Gasteiger partial charge is 0.311 e. The average Bonchev–Trinajstić information content (AvgIpc) is 0.913. The molecule has 10 N–H and O–H groups in total. The highest BCUT2D eigenvalue weighted by atomic mass is 16.7. The van der Waals surface area contributed by atoms with Gasteiger partial charge in [-0.3, -0.25) is 14.4 Å². The van der Waals surface area contributed by atoms with Crippen molar-refractivity contribution >= 4 is 24.0 Å². The summed E-state index contributed by atoms with van der Waals surface area (Å²) in [5, 5.41) is 114. The molecule has 7 heterocycles. The predicted octanol–water partition coefficient (Wildman–Crippen LogP) is 3.73. The number of carbonyl (C=O) groups excluding carboxylic acids is 4. The number of aliphatic hydroxyl groups is 10. The van der Waals surface area contributed by atoms with Crippen LogP contribution >= 0.6 is 0 Å². The topological polar surface area (TPSA) is 419 Å². The van der Waals surface area contributed by atoms with E-state index in [1.54, 1.807) is 101 Å². The summed E-state index contributed by atoms with van der Waals surface area (Å²) < 4.78 is 92.2. The molecule has 6 saturated heterocycles. The summed E-state index contributed by atoms with van der Waals surface area (Å²) in [5.74, 6) is -6.17. The zero-order chi connectivity index (χ0) is 87.5. The molecule has 0 aliphatic carbocycles. The minimum atomic E-state index is -1.80. The zero-order valence-electron chi connectivity index (χ0n) is 73.9. The Morgan fingerprint density at radius 1 is 0.603 bits per heavy atom. The van der Waals surface area contributed by atoms with Gasteiger partial charge in [-0.05, 0) is 168 Å². The van der Waals surface area contributed by atoms with Gasteiger partial charge >= 0.3 is 11.9 Å². The Bertz CT molecular complexity index is 3090. The lowest BCUT2D eigenvalue weighted by Gasteiger charge is -2.50. The normalized spacial score (nSPS) is 47.6. The number of rotatable bonds is 20. The first-order valence-corrected chi connectivity index (χ1v) is 41.8. The molecule has 0 bridgehead atoms. The first-order chi connectivity index (χ1) is 54.0. The molecule has 6 fully saturated rings. The van der Waals surface area contributed by atoms with Gasteiger partial charge in [0.05, 0.1) is 96.7 Å². The van der Waals surface area contributed by atoms with Crippen LogP contribution in [0.25, 0.3) is 0 Å². The fourth-order valence-corrected chi connectivity index (χ4v) is 18.2. The molecule has 1 unspecified atom stereocenters. The van der Waals surface area contributed by atoms with Crippen molar-refractivity contribution in [3.05, 3.63) is 23.8 Å². The number of ketones is 1. The Kier molecular flexibility index (Phi) is 38.4. The number of likely N-dealkylation sites (N-methyl/N-ethyl adjacent to an activating group) is 3. The van der Waals surface area contributed by atoms with E-state index in [0.717, 1.165) is 6.29 Å². The molecule has 32 nitrogen and oxygen atoms in total. The molecular formula is C84H149N3O29. The summed E-state index contributed by atoms with van der Waals surface area (Å²) >= 11 is 0. The molecule has 39 atom stereocenters. The fourth-order valence-electron chi connectivity index (χ4n) is 18.2. The van der Waals surface area contributed by atoms with Gasteiger partial charge in [0.25, 0.3) is 0 Å². The van der Waals surface area contributed by atoms with Gasteiger partial charge in [0.15, 0.2) is 37.2 Å². The quantitative estimate of drug-likeness (QED) is 0.0613. The molecule has 0 aromatic rings. The number of methoxy groups -OCH3 is 3. The third-order valence-electron chi connectivity index (χ3n) is 25.6. The van der Waals surface area contributed by atoms with Gasteiger partial charge < -0.3 is 142 Å². The van der Waals surface area contributed by atoms with Crippen LogP contribution in [-0.2, 0) is 90.2 Å². The Balaban J connectivity index is 0.000000369. The van der Waals surface area contributed by atoms with Gasteiger partial charge in [-0.1, -0.05) is 59.3 Å². The highest BCUT2D eigenvalue weighted by molar-refractivity contribution is 5.91. The van der Waals surface area contributed by atoms with Crippen molar-refractivity contribution in [2.75, 3.05) is 69.7 Å². The third kappa shape index (κ3) is 25.3. The second kappa shape index (κ2) is 43.9. The fraction of sp³-hybridized carbons (Fsp3) is 0.905. The van der Waals surface area contributed by atoms with E-state index < -0.39 is 236 Å². The average molecular weight is 1670 g/mol. The summed E-state index contributed by atoms with van der Waals surface area (Å²) in [4.78, 5) is 59.6. The lowest BCUT2D eigenvalue weighted by atomic mass is 9.77. The summed E-state index contributed by atoms with van der Waals surface area (Å²) in [5.41, 5.74) is -5.18. The molecule has 0 spiro atoms. The second-order valence-electron chi connectivity index (χ2n) is 35.9. The highest BCUT2D eigenvalue weighted by Crippen LogP contribution is 2.43. The molecule has 0 aromatic carbocycles. The van der Waals surface area contributed by atoms with Gasteiger partial charge in [0, 0.05) is 82.9 Å². The number of cyclic esters (lactones) is 2. The van der Waals surface area contributed by atoms with E-state index in [9.17, 15) is 70.2 Å². The maximum absolute atomic E-state index is 14.2. The SMILES string of the molecule is CC[C@H]1OC(=O)C[C@@H](O)[C@H](C)[C@@H](O[C@@H]2O[C@H](C)[C@@H](O[C@H]3C[C@@](C)(O)[C@@H](O)[C@H](C)O3)[C@H](N(C)C)[C@H]2O)[C@@H](CC=O)C[C@@H](C)C(=O)/C=C/C(C)=C/C1CO[C@@H]1O[C@H](C)[C@@H](O)[C@@H](OC)[C@H]1OC.CC[C@H]1OC(=O)[C@H](C)[C@@H](O[C@H]2C[C@@](C)(OC)[C@@H](O)[C@H](C)O2)[C@H](C)[C@@H](O[C@@H]2O[C@H](C)C[C@H](N(C)C)[C@H]2O)[C@](C)(O)C[C@@H](C)CN(C)[C@H](C)[C@@H](O)[C@]1(C)O. The summed E-state index contributed by atoms with van der Waals surface area (Å²) in [6.45, 7) is 31.7. The van der Waals surface area contributed by atoms with Gasteiger partial charge in [-0.25, -0.2) is 0 Å². The molecule has 7 rings (SSSR count). The van der Waals surface area contributed by atoms with E-state index in [1.807, 2.05) is 71.6 Å². The lowest BCUT2D eigenvalue weighted by Crippen LogP contribution is -2.65. The first kappa shape index (κ1) is 102. The van der Waals surface area contributed by atoms with Gasteiger partial charge in [0.2, 0.25) is 0 Å². The van der Waals surface area contributed by atoms with Crippen LogP contribution in [0.5, 0.6) is 0 Å². The summed E-state index contributed by atoms with van der Waals surface area (Å²) in [7, 11) is 13.6. The van der Waals surface area contributed by atoms with Crippen LogP contribution in [0.2, 0.25) is 0 Å². The summed E-state index contributed by atoms with van der Waals surface area (Å²) in [6.07, 6.45) is -16.7. The van der Waals surface area contributed by atoms with Crippen LogP contribution in [0.15, 0.2) is 23.8 Å². The number of carbonyl (C=O) groups is 4. The molecule has 32 heteroatoms. The molecule has 0 aromatic heterocycles. The molecule has 116 heavy (non-hydrogen) atoms. The van der Waals surface area contributed by atoms with Crippen molar-refractivity contribution in [1.29, 1.82) is 0 Å². The van der Waals surface area contributed by atoms with Crippen LogP contribution in [0, 0.1) is 41.4 Å². The van der Waals surface area contributed by atoms with E-state index in [0.29, 0.717) is 25.0 Å². The standard InChI is InChI=1S/C46H77NO17.C38H72N2O12/c1-13-33-30(22-58-45-42(57-12)41(56-11)37(52)26(5)60-45)18-23(2)14-15-31(49)24(3)19-29(16-17-48)39(25(4)32(50)20-34(51)62-33)64-44-38(53)36(47(9)10)40(27(6)61-44)63-35-21-46(8,55)43(54)28(7)59-35;1-15-27-38(10,46)31(42)24(6)40(13)19-20(2)17-36(8,45)33(52-35-29(41)26(39(11)12)16-21(3)48-35)22(4)30(23(5)34(44)50-27)51-28-18-37(9,47-14)32(43)25(7)49-28/h14-15,17-18,24-30,32-33,35-45,50,52-55H,13,16,19-22H2,1-12H3;20-33,35,41-43,45-46H,15-19H2,1-14H3/b15-14+,23-18+;/t24-,25+,26-,27-,28+,29+,30?,32-,33-,35+,36-,37-,38-,39-,40-,41-,42-,43+,44+,45-,46-;20-,21-,22+,23-,24-,25+,26+,27-,28+,29-,30+,31-,32+,33-,35+,36-,37-,38-/m11/s1. The minimum Gasteiger partial charge on any atom is -0.462 e. The molecule has 7 aliphatic heterocycles. The van der Waals surface area contributed by atoms with Crippen molar-refractivity contribution in [2.45, 2.75) is 376 Å². The molecule has 674 valence electrons. The third-order valence-corrected chi connectivity index (χ3v) is 25.6. The number of allylic oxidation sites excluding steroid dienone is 3. The Hall–Kier alpha value is -3.28. The molecule has 7 aliphatic rings. The number of nitrogens with zero attached hydrogens (tertiary/aromatic N) is 3. The van der Waals surface area contributed by atoms with Crippen molar-refractivity contribution in [1.82, 2.24) is 14.7 Å². The van der Waals surface area contributed by atoms with Crippen molar-refractivity contribution < 1.29 is 141 Å². The monoisotopic (exact) mass is 1660 g/mol. The molecular weight excluding hydrogens is 1510 g/mol. The van der Waals surface area contributed by atoms with E-state index in [4.69, 9.17) is 71.1 Å². The van der Waals surface area contributed by atoms with E-state index >= 15 is 0 Å². The van der Waals surface area contributed by atoms with Crippen LogP contribution in [-0.4, -0.2) is 354 Å². The summed E-state index contributed by atoms with van der Waals surface area (Å²) in [6, 6.07) is -1.56. The predicted molar refractivity (Wildman–Crippen MR) is 425 cm³/mol. The van der Waals surface area contributed by atoms with Crippen LogP contribution < -0.4 is 0 Å². The lowest BCUT2D eigenvalue weighted by molar-refractivity contribution is -0.341. The Labute approximate surface area is 688 Å². The first-order valence-electron chi connectivity index (χ1n) is 41.8. The molecule has 0 amide bonds. The Morgan fingerprint density at radius 2 is 1.20 bits per heavy atom. The second-order valence-corrected chi connectivity index (χ2v) is 35.9. The maximum Gasteiger partial charge on any atom is 0.311 e. The maximum atomic E-state index is 14.2. The van der Waals surface area contributed by atoms with Crippen molar-refractivity contribution in [3.8, 4) is 0 Å². The van der Waals surface area contributed by atoms with Crippen LogP contribution in [0.3, 0.4) is 0 Å². The molecule has 0 saturated carbocycles. The number of aliphatic hydroxyl groups excluding tert-OH is 7. The van der Waals surface area contributed by atoms with E-state index in [2.05, 4.69) is 0 Å². The van der Waals surface area contributed by atoms with Gasteiger partial charge in [-0.2, -0.15) is 0 Å². The van der Waals surface area contributed by atoms with Crippen molar-refractivity contribution in [2.24, 2.45) is 41.4 Å². The largest absolute Gasteiger partial charge is 0.462 e. The number of hydrogen-bond acceptors (Lipinski definition) is 32. The van der Waals surface area contributed by atoms with Crippen LogP contribution in [0.4, 0.5) is 0 Å². The van der Waals surface area contributed by atoms with Crippen molar-refractivity contribution in [3.63, 3.8) is 0 Å². The van der Waals surface area contributed by atoms with Gasteiger partial charge in [-0.15, -0.1) is 0 Å².